The highest BCUT2D eigenvalue weighted by atomic mass is 32.1. The number of carbonyl (C=O) groups excluding carboxylic acids is 2. The molecule has 3 heterocycles. The van der Waals surface area contributed by atoms with Crippen molar-refractivity contribution < 1.29 is 18.4 Å². The van der Waals surface area contributed by atoms with Crippen molar-refractivity contribution in [1.29, 1.82) is 0 Å². The van der Waals surface area contributed by atoms with Gasteiger partial charge in [-0.05, 0) is 65.3 Å². The van der Waals surface area contributed by atoms with Crippen LogP contribution in [-0.4, -0.2) is 28.2 Å². The number of nitrogens with one attached hydrogen (secondary N) is 1. The van der Waals surface area contributed by atoms with Crippen molar-refractivity contribution in [1.82, 2.24) is 15.2 Å². The zero-order chi connectivity index (χ0) is 23.4. The van der Waals surface area contributed by atoms with E-state index in [0.29, 0.717) is 32.5 Å². The molecule has 0 fully saturated rings. The lowest BCUT2D eigenvalue weighted by atomic mass is 9.94. The van der Waals surface area contributed by atoms with Crippen molar-refractivity contribution in [2.75, 3.05) is 6.54 Å². The molecule has 8 heteroatoms. The highest BCUT2D eigenvalue weighted by Gasteiger charge is 2.23. The molecule has 1 N–H and O–H groups in total. The van der Waals surface area contributed by atoms with Crippen molar-refractivity contribution in [2.45, 2.75) is 32.9 Å². The number of benzene rings is 1. The second-order valence-corrected chi connectivity index (χ2v) is 8.94. The minimum absolute atomic E-state index is 0.0408. The smallest absolute Gasteiger partial charge is 0.246 e. The molecule has 0 bridgehead atoms. The lowest BCUT2D eigenvalue weighted by Gasteiger charge is -2.30. The van der Waals surface area contributed by atoms with Crippen LogP contribution in [0.25, 0.3) is 6.08 Å². The highest BCUT2D eigenvalue weighted by Crippen LogP contribution is 2.24. The third kappa shape index (κ3) is 5.70. The van der Waals surface area contributed by atoms with Gasteiger partial charge < -0.3 is 10.2 Å². The van der Waals surface area contributed by atoms with Gasteiger partial charge in [0.1, 0.15) is 11.6 Å². The molecule has 33 heavy (non-hydrogen) atoms. The second kappa shape index (κ2) is 10.0. The molecule has 1 aliphatic heterocycles. The average molecular weight is 468 g/mol. The van der Waals surface area contributed by atoms with Crippen LogP contribution in [-0.2, 0) is 35.5 Å². The van der Waals surface area contributed by atoms with Crippen molar-refractivity contribution in [3.8, 4) is 0 Å². The average Bonchev–Trinajstić information content (AvgIpc) is 3.28. The lowest BCUT2D eigenvalue weighted by Crippen LogP contribution is -2.36. The molecule has 5 nitrogen and oxygen atoms in total. The number of rotatable bonds is 6. The van der Waals surface area contributed by atoms with Crippen molar-refractivity contribution in [3.63, 3.8) is 0 Å². The summed E-state index contributed by atoms with van der Waals surface area (Å²) < 4.78 is 26.7. The molecule has 0 radical (unpaired) electrons. The number of amides is 2. The monoisotopic (exact) mass is 467 g/mol. The van der Waals surface area contributed by atoms with Gasteiger partial charge in [-0.25, -0.2) is 8.78 Å². The summed E-state index contributed by atoms with van der Waals surface area (Å²) in [5, 5.41) is 4.93. The van der Waals surface area contributed by atoms with Gasteiger partial charge in [-0.2, -0.15) is 0 Å². The Labute approximate surface area is 194 Å². The maximum atomic E-state index is 13.3. The first-order valence-electron chi connectivity index (χ1n) is 10.6. The molecule has 0 saturated carbocycles. The van der Waals surface area contributed by atoms with Crippen LogP contribution < -0.4 is 5.32 Å². The van der Waals surface area contributed by atoms with E-state index in [-0.39, 0.29) is 17.4 Å². The zero-order valence-electron chi connectivity index (χ0n) is 18.1. The van der Waals surface area contributed by atoms with E-state index in [1.807, 2.05) is 24.4 Å². The molecule has 4 rings (SSSR count). The first kappa shape index (κ1) is 22.8. The van der Waals surface area contributed by atoms with Crippen molar-refractivity contribution in [2.24, 2.45) is 0 Å². The van der Waals surface area contributed by atoms with Crippen molar-refractivity contribution in [3.05, 3.63) is 92.4 Å². The summed E-state index contributed by atoms with van der Waals surface area (Å²) in [5.41, 5.74) is 4.19. The standard InChI is InChI=1S/C25H23F2N3O2S/c1-16-23(14-29-24(31)12-21-3-2-8-33-21)22-6-7-30(15-18(22)13-28-16)25(32)5-4-17-9-19(26)11-20(27)10-17/h2-5,8-11,13H,6-7,12,14-15H2,1H3,(H,29,31). The first-order valence-corrected chi connectivity index (χ1v) is 11.5. The second-order valence-electron chi connectivity index (χ2n) is 7.90. The maximum Gasteiger partial charge on any atom is 0.246 e. The number of fused-ring (bicyclic) bond motifs is 1. The fraction of sp³-hybridized carbons (Fsp3) is 0.240. The van der Waals surface area contributed by atoms with E-state index in [9.17, 15) is 18.4 Å². The largest absolute Gasteiger partial charge is 0.352 e. The molecule has 0 unspecified atom stereocenters. The summed E-state index contributed by atoms with van der Waals surface area (Å²) >= 11 is 1.55. The molecule has 2 amide bonds. The maximum absolute atomic E-state index is 13.3. The topological polar surface area (TPSA) is 62.3 Å². The third-order valence-corrected chi connectivity index (χ3v) is 6.46. The fourth-order valence-electron chi connectivity index (χ4n) is 3.91. The van der Waals surface area contributed by atoms with Crippen LogP contribution in [0, 0.1) is 18.6 Å². The normalized spacial score (nSPS) is 13.2. The predicted molar refractivity (Wildman–Crippen MR) is 123 cm³/mol. The van der Waals surface area contributed by atoms with Gasteiger partial charge in [0, 0.05) is 48.5 Å². The number of aromatic nitrogens is 1. The van der Waals surface area contributed by atoms with Crippen molar-refractivity contribution >= 4 is 29.2 Å². The molecule has 2 aromatic heterocycles. The van der Waals surface area contributed by atoms with Gasteiger partial charge in [0.25, 0.3) is 0 Å². The Morgan fingerprint density at radius 1 is 1.24 bits per heavy atom. The molecule has 3 aromatic rings. The number of aryl methyl sites for hydroxylation is 1. The highest BCUT2D eigenvalue weighted by molar-refractivity contribution is 7.10. The number of hydrogen-bond donors (Lipinski definition) is 1. The lowest BCUT2D eigenvalue weighted by molar-refractivity contribution is -0.126. The van der Waals surface area contributed by atoms with Crippen LogP contribution in [0.3, 0.4) is 0 Å². The zero-order valence-corrected chi connectivity index (χ0v) is 18.9. The Bertz CT molecular complexity index is 1190. The SMILES string of the molecule is Cc1ncc2c(c1CNC(=O)Cc1cccs1)CCN(C(=O)C=Cc1cc(F)cc(F)c1)C2. The molecule has 0 aliphatic carbocycles. The van der Waals surface area contributed by atoms with Crippen LogP contribution in [0.5, 0.6) is 0 Å². The summed E-state index contributed by atoms with van der Waals surface area (Å²) in [4.78, 5) is 32.1. The molecule has 0 saturated heterocycles. The number of hydrogen-bond acceptors (Lipinski definition) is 4. The Kier molecular flexibility index (Phi) is 6.93. The van der Waals surface area contributed by atoms with Gasteiger partial charge in [0.05, 0.1) is 6.42 Å². The van der Waals surface area contributed by atoms with Crippen LogP contribution in [0.15, 0.2) is 48.0 Å². The summed E-state index contributed by atoms with van der Waals surface area (Å²) in [6.45, 7) is 3.21. The van der Waals surface area contributed by atoms with Gasteiger partial charge in [0.2, 0.25) is 11.8 Å². The molecular formula is C25H23F2N3O2S. The molecule has 0 atom stereocenters. The van der Waals surface area contributed by atoms with Crippen LogP contribution in [0.4, 0.5) is 8.78 Å². The molecule has 170 valence electrons. The number of pyridine rings is 1. The van der Waals surface area contributed by atoms with Gasteiger partial charge in [-0.15, -0.1) is 11.3 Å². The quantitative estimate of drug-likeness (QED) is 0.553. The van der Waals surface area contributed by atoms with Crippen LogP contribution in [0.1, 0.15) is 32.8 Å². The Hall–Kier alpha value is -3.39. The van der Waals surface area contributed by atoms with E-state index in [1.165, 1.54) is 24.3 Å². The Balaban J connectivity index is 1.42. The fourth-order valence-corrected chi connectivity index (χ4v) is 4.61. The van der Waals surface area contributed by atoms with Crippen LogP contribution in [0.2, 0.25) is 0 Å². The summed E-state index contributed by atoms with van der Waals surface area (Å²) in [5.74, 6) is -1.66. The number of carbonyl (C=O) groups is 2. The van der Waals surface area contributed by atoms with E-state index in [4.69, 9.17) is 0 Å². The van der Waals surface area contributed by atoms with Gasteiger partial charge in [-0.3, -0.25) is 14.6 Å². The third-order valence-electron chi connectivity index (χ3n) is 5.59. The summed E-state index contributed by atoms with van der Waals surface area (Å²) in [7, 11) is 0. The van der Waals surface area contributed by atoms with E-state index in [2.05, 4.69) is 10.3 Å². The minimum atomic E-state index is -0.689. The minimum Gasteiger partial charge on any atom is -0.352 e. The Morgan fingerprint density at radius 3 is 2.76 bits per heavy atom. The predicted octanol–water partition coefficient (Wildman–Crippen LogP) is 4.19. The first-order chi connectivity index (χ1) is 15.9. The number of halogens is 2. The molecule has 1 aromatic carbocycles. The number of thiophene rings is 1. The Morgan fingerprint density at radius 2 is 2.03 bits per heavy atom. The summed E-state index contributed by atoms with van der Waals surface area (Å²) in [6.07, 6.45) is 5.50. The van der Waals surface area contributed by atoms with Gasteiger partial charge >= 0.3 is 0 Å². The molecule has 0 spiro atoms. The van der Waals surface area contributed by atoms with Gasteiger partial charge in [-0.1, -0.05) is 6.07 Å². The van der Waals surface area contributed by atoms with Gasteiger partial charge in [0.15, 0.2) is 0 Å². The number of nitrogens with zero attached hydrogens (tertiary/aromatic N) is 2. The van der Waals surface area contributed by atoms with Crippen LogP contribution >= 0.6 is 11.3 Å². The molecular weight excluding hydrogens is 444 g/mol. The van der Waals surface area contributed by atoms with E-state index < -0.39 is 11.6 Å². The van der Waals surface area contributed by atoms with E-state index in [0.717, 1.165) is 33.3 Å². The van der Waals surface area contributed by atoms with E-state index in [1.54, 1.807) is 22.4 Å². The summed E-state index contributed by atoms with van der Waals surface area (Å²) in [6, 6.07) is 6.99. The molecule has 1 aliphatic rings. The van der Waals surface area contributed by atoms with E-state index >= 15 is 0 Å².